The summed E-state index contributed by atoms with van der Waals surface area (Å²) in [6.45, 7) is 14.0. The number of nitrogens with zero attached hydrogens (tertiary/aromatic N) is 3. The Morgan fingerprint density at radius 2 is 0.612 bits per heavy atom. The number of anilines is 6. The first-order chi connectivity index (χ1) is 65.7. The fraction of sp³-hybridized carbons (Fsp3) is 0.0781. The van der Waals surface area contributed by atoms with E-state index in [2.05, 4.69) is 547 Å². The van der Waals surface area contributed by atoms with Gasteiger partial charge in [-0.05, 0) is 237 Å². The summed E-state index contributed by atoms with van der Waals surface area (Å²) in [5.74, 6) is 0.362. The van der Waals surface area contributed by atoms with Gasteiger partial charge in [-0.25, -0.2) is 0 Å². The van der Waals surface area contributed by atoms with E-state index in [-0.39, 0.29) is 17.5 Å². The predicted molar refractivity (Wildman–Crippen MR) is 577 cm³/mol. The van der Waals surface area contributed by atoms with Crippen molar-refractivity contribution < 1.29 is 0 Å². The third kappa shape index (κ3) is 14.5. The van der Waals surface area contributed by atoms with Gasteiger partial charge in [-0.1, -0.05) is 460 Å². The molecule has 0 saturated carbocycles. The van der Waals surface area contributed by atoms with E-state index in [1.54, 1.807) is 0 Å². The average Bonchev–Trinajstić information content (AvgIpc) is 0.721. The lowest BCUT2D eigenvalue weighted by Gasteiger charge is -2.45. The molecule has 3 heterocycles. The van der Waals surface area contributed by atoms with Gasteiger partial charge in [0.05, 0.1) is 11.2 Å². The van der Waals surface area contributed by atoms with Crippen LogP contribution in [0.3, 0.4) is 0 Å². The quantitative estimate of drug-likeness (QED) is 0.0627. The molecule has 20 aromatic rings. The van der Waals surface area contributed by atoms with Crippen LogP contribution >= 0.6 is 0 Å². The Morgan fingerprint density at radius 1 is 0.261 bits per heavy atom. The number of hydrogen-bond donors (Lipinski definition) is 0. The smallest absolute Gasteiger partial charge is 0.252 e. The molecule has 3 aliphatic rings. The summed E-state index contributed by atoms with van der Waals surface area (Å²) in [4.78, 5) is 5.33. The lowest BCUT2D eigenvalue weighted by atomic mass is 9.33. The van der Waals surface area contributed by atoms with Crippen LogP contribution in [0, 0.1) is 11.3 Å². The van der Waals surface area contributed by atoms with Crippen molar-refractivity contribution in [1.29, 1.82) is 0 Å². The Hall–Kier alpha value is -15.4. The van der Waals surface area contributed by atoms with E-state index in [1.165, 1.54) is 113 Å². The zero-order valence-corrected chi connectivity index (χ0v) is 78.5. The maximum absolute atomic E-state index is 3.12. The van der Waals surface area contributed by atoms with Crippen LogP contribution in [0.15, 0.2) is 485 Å². The third-order valence-electron chi connectivity index (χ3n) is 28.9. The summed E-state index contributed by atoms with van der Waals surface area (Å²) in [5, 5.41) is 11.9. The van der Waals surface area contributed by atoms with Crippen LogP contribution < -0.4 is 67.7 Å². The molecular formula is C128H102BN3Si2. The molecule has 134 heavy (non-hydrogen) atoms. The Morgan fingerprint density at radius 3 is 1.09 bits per heavy atom. The van der Waals surface area contributed by atoms with E-state index in [4.69, 9.17) is 0 Å². The Bertz CT molecular complexity index is 7710. The highest BCUT2D eigenvalue weighted by atomic mass is 28.3. The van der Waals surface area contributed by atoms with Gasteiger partial charge in [-0.2, -0.15) is 0 Å². The van der Waals surface area contributed by atoms with Crippen LogP contribution in [-0.2, 0) is 11.8 Å². The minimum Gasteiger partial charge on any atom is -0.311 e. The molecule has 0 radical (unpaired) electrons. The SMILES string of the molecule is CC(C)(C)c1ccc2c(c1)c1c(n2-c2ccc3c(c2)N(c2ccc(-c4ccccc4)cc2)c2cc(-c4ccc([Si](c5ccccc5)(c5ccccc5)c5cccc(-c6ccccc6)c5)cc4)cc4c2B3c2ccc(-c3ccc([Si](c5ccccc5)(c5ccccc5)c5cccc(-c6ccccc6)c5)cc3)cc2N4c2ccc(-c3ccccc3)cc2-c2ccccc2)C=CC(C(C)(C)C)C1. The van der Waals surface area contributed by atoms with Gasteiger partial charge >= 0.3 is 0 Å². The molecule has 1 aliphatic carbocycles. The van der Waals surface area contributed by atoms with E-state index < -0.39 is 16.1 Å². The van der Waals surface area contributed by atoms with Crippen LogP contribution in [0.1, 0.15) is 58.4 Å². The lowest BCUT2D eigenvalue weighted by Crippen LogP contribution is -2.74. The topological polar surface area (TPSA) is 11.4 Å². The minimum absolute atomic E-state index is 0.0547. The van der Waals surface area contributed by atoms with Crippen LogP contribution in [0.25, 0.3) is 101 Å². The molecule has 0 bridgehead atoms. The molecule has 0 N–H and O–H groups in total. The van der Waals surface area contributed by atoms with Crippen LogP contribution in [0.4, 0.5) is 34.1 Å². The first kappa shape index (κ1) is 82.9. The number of hydrogen-bond acceptors (Lipinski definition) is 2. The molecule has 0 amide bonds. The molecule has 1 atom stereocenters. The third-order valence-corrected chi connectivity index (χ3v) is 38.5. The van der Waals surface area contributed by atoms with Gasteiger partial charge in [0.1, 0.15) is 0 Å². The van der Waals surface area contributed by atoms with Gasteiger partial charge in [0, 0.05) is 50.8 Å². The van der Waals surface area contributed by atoms with Crippen LogP contribution in [0.5, 0.6) is 0 Å². The highest BCUT2D eigenvalue weighted by Gasteiger charge is 2.48. The Kier molecular flexibility index (Phi) is 21.1. The maximum Gasteiger partial charge on any atom is 0.252 e. The average molecular weight is 1750 g/mol. The predicted octanol–water partition coefficient (Wildman–Crippen LogP) is 25.7. The molecule has 19 aromatic carbocycles. The maximum atomic E-state index is 2.68. The monoisotopic (exact) mass is 1750 g/mol. The zero-order valence-electron chi connectivity index (χ0n) is 76.5. The fourth-order valence-electron chi connectivity index (χ4n) is 22.1. The van der Waals surface area contributed by atoms with Crippen LogP contribution in [-0.4, -0.2) is 27.4 Å². The van der Waals surface area contributed by atoms with E-state index >= 15 is 0 Å². The summed E-state index contributed by atoms with van der Waals surface area (Å²) in [6.07, 6.45) is 5.92. The van der Waals surface area contributed by atoms with Crippen molar-refractivity contribution >= 4 is 132 Å². The minimum atomic E-state index is -3.12. The Labute approximate surface area is 790 Å². The van der Waals surface area contributed by atoms with Gasteiger partial charge in [0.25, 0.3) is 6.71 Å². The molecule has 3 nitrogen and oxygen atoms in total. The molecule has 0 saturated heterocycles. The van der Waals surface area contributed by atoms with Gasteiger partial charge in [0.15, 0.2) is 16.1 Å². The number of rotatable bonds is 18. The van der Waals surface area contributed by atoms with E-state index in [0.717, 1.165) is 96.3 Å². The molecule has 23 rings (SSSR count). The summed E-state index contributed by atoms with van der Waals surface area (Å²) in [7, 11) is -6.18. The molecule has 1 unspecified atom stereocenters. The standard InChI is InChI=1S/C128H102BN3Si2/c1-127(2,3)102-66-78-120-115(86-102)116-87-103(128(4,5)6)67-79-121(116)131(120)105-70-76-118-123(88-105)130(104-68-58-93(59-69-104)89-36-16-7-17-37-89)124-84-101(95-62-73-111(74-63-95)134(108-52-30-14-31-53-108,109-54-32-15-33-55-109)113-57-35-47-98(81-113)91-40-20-9-21-41-91)85-125-126(124)129(118)117-75-64-100(83-122(117)132(125)119-77-65-99(92-42-22-10-23-43-92)82-114(119)96-44-24-11-25-45-96)94-60-71-110(72-61-94)133(106-48-26-12-27-49-106,107-50-28-13-29-51-107)112-56-34-46-97(80-112)90-38-18-8-19-39-90/h7-86,88,103H,87H2,1-6H3. The van der Waals surface area contributed by atoms with Crippen molar-refractivity contribution in [3.05, 3.63) is 502 Å². The second kappa shape index (κ2) is 34.1. The molecule has 2 aliphatic heterocycles. The highest BCUT2D eigenvalue weighted by Crippen LogP contribution is 2.51. The molecule has 640 valence electrons. The van der Waals surface area contributed by atoms with Crippen LogP contribution in [0.2, 0.25) is 0 Å². The second-order valence-electron chi connectivity index (χ2n) is 38.7. The van der Waals surface area contributed by atoms with Crippen molar-refractivity contribution in [2.75, 3.05) is 9.80 Å². The van der Waals surface area contributed by atoms with Crippen molar-refractivity contribution in [1.82, 2.24) is 4.57 Å². The van der Waals surface area contributed by atoms with Crippen molar-refractivity contribution in [3.8, 4) is 83.6 Å². The summed E-state index contributed by atoms with van der Waals surface area (Å²) in [6, 6.07) is 183. The fourth-order valence-corrected chi connectivity index (χ4v) is 31.7. The summed E-state index contributed by atoms with van der Waals surface area (Å²) in [5.41, 5.74) is 32.9. The first-order valence-corrected chi connectivity index (χ1v) is 51.3. The van der Waals surface area contributed by atoms with E-state index in [0.29, 0.717) is 5.92 Å². The van der Waals surface area contributed by atoms with E-state index in [1.807, 2.05) is 0 Å². The first-order valence-electron chi connectivity index (χ1n) is 47.3. The van der Waals surface area contributed by atoms with Gasteiger partial charge in [-0.3, -0.25) is 0 Å². The van der Waals surface area contributed by atoms with Gasteiger partial charge in [-0.15, -0.1) is 0 Å². The zero-order chi connectivity index (χ0) is 90.2. The van der Waals surface area contributed by atoms with Crippen molar-refractivity contribution in [2.24, 2.45) is 11.3 Å². The highest BCUT2D eigenvalue weighted by molar-refractivity contribution is 7.20. The number of fused-ring (bicyclic) bond motifs is 7. The molecular weight excluding hydrogens is 1650 g/mol. The van der Waals surface area contributed by atoms with Gasteiger partial charge in [0.2, 0.25) is 0 Å². The molecule has 6 heteroatoms. The Balaban J connectivity index is 0.796. The normalized spacial score (nSPS) is 13.4. The van der Waals surface area contributed by atoms with Gasteiger partial charge < -0.3 is 14.4 Å². The number of benzene rings is 19. The summed E-state index contributed by atoms with van der Waals surface area (Å²) >= 11 is 0. The number of allylic oxidation sites excluding steroid dienone is 1. The van der Waals surface area contributed by atoms with Crippen molar-refractivity contribution in [3.63, 3.8) is 0 Å². The second-order valence-corrected chi connectivity index (χ2v) is 46.3. The molecule has 1 aromatic heterocycles. The molecule has 0 fully saturated rings. The van der Waals surface area contributed by atoms with Crippen molar-refractivity contribution in [2.45, 2.75) is 53.4 Å². The number of aromatic nitrogens is 1. The molecule has 0 spiro atoms. The van der Waals surface area contributed by atoms with E-state index in [9.17, 15) is 0 Å². The summed E-state index contributed by atoms with van der Waals surface area (Å²) < 4.78 is 2.60. The lowest BCUT2D eigenvalue weighted by molar-refractivity contribution is 0.291. The largest absolute Gasteiger partial charge is 0.311 e.